The number of hydrogen-bond donors (Lipinski definition) is 1. The smallest absolute Gasteiger partial charge is 0.243 e. The minimum Gasteiger partial charge on any atom is -0.301 e. The van der Waals surface area contributed by atoms with Crippen molar-refractivity contribution < 1.29 is 4.79 Å². The number of thiazole rings is 1. The van der Waals surface area contributed by atoms with E-state index in [9.17, 15) is 4.79 Å². The molecule has 1 aromatic heterocycles. The van der Waals surface area contributed by atoms with Crippen molar-refractivity contribution in [3.05, 3.63) is 47.5 Å². The maximum absolute atomic E-state index is 12.3. The van der Waals surface area contributed by atoms with Gasteiger partial charge in [0.1, 0.15) is 0 Å². The molecule has 2 aromatic rings. The molecular formula is C15H17N3OS. The first-order chi connectivity index (χ1) is 9.83. The molecule has 1 aliphatic heterocycles. The van der Waals surface area contributed by atoms with Crippen LogP contribution in [0.2, 0.25) is 0 Å². The van der Waals surface area contributed by atoms with Gasteiger partial charge in [-0.1, -0.05) is 30.3 Å². The van der Waals surface area contributed by atoms with Gasteiger partial charge in [0, 0.05) is 18.1 Å². The lowest BCUT2D eigenvalue weighted by Gasteiger charge is -2.23. The molecule has 5 heteroatoms. The normalized spacial score (nSPS) is 19.1. The Balaban J connectivity index is 1.64. The number of nitrogens with one attached hydrogen (secondary N) is 1. The molecule has 20 heavy (non-hydrogen) atoms. The van der Waals surface area contributed by atoms with Gasteiger partial charge in [0.05, 0.1) is 6.04 Å². The molecule has 3 rings (SSSR count). The second-order valence-corrected chi connectivity index (χ2v) is 5.84. The van der Waals surface area contributed by atoms with Crippen LogP contribution in [-0.2, 0) is 11.3 Å². The van der Waals surface area contributed by atoms with Crippen molar-refractivity contribution in [3.8, 4) is 0 Å². The number of benzene rings is 1. The van der Waals surface area contributed by atoms with E-state index < -0.39 is 0 Å². The second-order valence-electron chi connectivity index (χ2n) is 4.94. The molecule has 104 valence electrons. The van der Waals surface area contributed by atoms with Crippen molar-refractivity contribution in [2.45, 2.75) is 25.4 Å². The predicted molar refractivity (Wildman–Crippen MR) is 80.6 cm³/mol. The molecule has 1 saturated heterocycles. The molecule has 1 atom stereocenters. The van der Waals surface area contributed by atoms with Crippen LogP contribution in [0.1, 0.15) is 18.4 Å². The molecule has 1 aromatic carbocycles. The quantitative estimate of drug-likeness (QED) is 0.940. The molecule has 0 spiro atoms. The van der Waals surface area contributed by atoms with Gasteiger partial charge in [-0.2, -0.15) is 0 Å². The highest BCUT2D eigenvalue weighted by Crippen LogP contribution is 2.22. The van der Waals surface area contributed by atoms with E-state index in [-0.39, 0.29) is 11.9 Å². The summed E-state index contributed by atoms with van der Waals surface area (Å²) in [4.78, 5) is 18.7. The van der Waals surface area contributed by atoms with E-state index in [1.54, 1.807) is 6.20 Å². The molecule has 0 saturated carbocycles. The number of carbonyl (C=O) groups is 1. The fraction of sp³-hybridized carbons (Fsp3) is 0.333. The van der Waals surface area contributed by atoms with Crippen molar-refractivity contribution in [1.82, 2.24) is 9.88 Å². The maximum Gasteiger partial charge on any atom is 0.243 e. The minimum atomic E-state index is -0.0425. The van der Waals surface area contributed by atoms with E-state index in [0.717, 1.165) is 25.9 Å². The minimum absolute atomic E-state index is 0.0425. The molecule has 1 unspecified atom stereocenters. The van der Waals surface area contributed by atoms with E-state index in [0.29, 0.717) is 5.13 Å². The molecule has 0 bridgehead atoms. The Morgan fingerprint density at radius 3 is 3.00 bits per heavy atom. The van der Waals surface area contributed by atoms with Crippen LogP contribution in [0.25, 0.3) is 0 Å². The molecule has 0 aliphatic carbocycles. The molecular weight excluding hydrogens is 270 g/mol. The molecule has 1 aliphatic rings. The SMILES string of the molecule is O=C(Nc1nccs1)C1CCCN1Cc1ccccc1. The zero-order valence-corrected chi connectivity index (χ0v) is 12.0. The zero-order valence-electron chi connectivity index (χ0n) is 11.2. The third kappa shape index (κ3) is 3.05. The van der Waals surface area contributed by atoms with Gasteiger partial charge in [0.25, 0.3) is 0 Å². The van der Waals surface area contributed by atoms with Crippen molar-refractivity contribution >= 4 is 22.4 Å². The highest BCUT2D eigenvalue weighted by atomic mass is 32.1. The third-order valence-corrected chi connectivity index (χ3v) is 4.25. The lowest BCUT2D eigenvalue weighted by Crippen LogP contribution is -2.39. The van der Waals surface area contributed by atoms with Crippen LogP contribution in [-0.4, -0.2) is 28.4 Å². The average Bonchev–Trinajstić information content (AvgIpc) is 3.11. The van der Waals surface area contributed by atoms with Crippen molar-refractivity contribution in [2.75, 3.05) is 11.9 Å². The first-order valence-corrected chi connectivity index (χ1v) is 7.69. The van der Waals surface area contributed by atoms with Gasteiger partial charge in [-0.15, -0.1) is 11.3 Å². The number of carbonyl (C=O) groups excluding carboxylic acids is 1. The number of aromatic nitrogens is 1. The highest BCUT2D eigenvalue weighted by molar-refractivity contribution is 7.13. The first kappa shape index (κ1) is 13.3. The number of hydrogen-bond acceptors (Lipinski definition) is 4. The molecule has 4 nitrogen and oxygen atoms in total. The van der Waals surface area contributed by atoms with Gasteiger partial charge in [0.2, 0.25) is 5.91 Å². The summed E-state index contributed by atoms with van der Waals surface area (Å²) in [6, 6.07) is 10.3. The lowest BCUT2D eigenvalue weighted by atomic mass is 10.1. The topological polar surface area (TPSA) is 45.2 Å². The summed E-state index contributed by atoms with van der Waals surface area (Å²) in [5.74, 6) is 0.0633. The molecule has 2 heterocycles. The van der Waals surface area contributed by atoms with E-state index in [1.807, 2.05) is 23.6 Å². The van der Waals surface area contributed by atoms with Gasteiger partial charge in [0.15, 0.2) is 5.13 Å². The highest BCUT2D eigenvalue weighted by Gasteiger charge is 2.30. The zero-order chi connectivity index (χ0) is 13.8. The summed E-state index contributed by atoms with van der Waals surface area (Å²) in [6.07, 6.45) is 3.70. The molecule has 1 amide bonds. The van der Waals surface area contributed by atoms with E-state index in [2.05, 4.69) is 27.3 Å². The number of likely N-dealkylation sites (tertiary alicyclic amines) is 1. The monoisotopic (exact) mass is 287 g/mol. The Hall–Kier alpha value is -1.72. The summed E-state index contributed by atoms with van der Waals surface area (Å²) in [5, 5.41) is 5.46. The molecule has 1 fully saturated rings. The Bertz CT molecular complexity index is 556. The van der Waals surface area contributed by atoms with Gasteiger partial charge < -0.3 is 5.32 Å². The van der Waals surface area contributed by atoms with Gasteiger partial charge in [-0.25, -0.2) is 4.98 Å². The van der Waals surface area contributed by atoms with Crippen LogP contribution >= 0.6 is 11.3 Å². The van der Waals surface area contributed by atoms with Crippen molar-refractivity contribution in [1.29, 1.82) is 0 Å². The summed E-state index contributed by atoms with van der Waals surface area (Å²) < 4.78 is 0. The number of rotatable bonds is 4. The van der Waals surface area contributed by atoms with E-state index in [1.165, 1.54) is 16.9 Å². The number of anilines is 1. The summed E-state index contributed by atoms with van der Waals surface area (Å²) in [6.45, 7) is 1.81. The van der Waals surface area contributed by atoms with Gasteiger partial charge >= 0.3 is 0 Å². The maximum atomic E-state index is 12.3. The number of amides is 1. The summed E-state index contributed by atoms with van der Waals surface area (Å²) in [7, 11) is 0. The van der Waals surface area contributed by atoms with Crippen LogP contribution in [0.3, 0.4) is 0 Å². The fourth-order valence-corrected chi connectivity index (χ4v) is 3.14. The Morgan fingerprint density at radius 1 is 1.40 bits per heavy atom. The van der Waals surface area contributed by atoms with Crippen LogP contribution in [0.15, 0.2) is 41.9 Å². The largest absolute Gasteiger partial charge is 0.301 e. The van der Waals surface area contributed by atoms with Crippen LogP contribution in [0, 0.1) is 0 Å². The third-order valence-electron chi connectivity index (χ3n) is 3.56. The van der Waals surface area contributed by atoms with Crippen LogP contribution in [0.5, 0.6) is 0 Å². The Kier molecular flexibility index (Phi) is 4.08. The first-order valence-electron chi connectivity index (χ1n) is 6.81. The van der Waals surface area contributed by atoms with Gasteiger partial charge in [-0.3, -0.25) is 9.69 Å². The second kappa shape index (κ2) is 6.15. The average molecular weight is 287 g/mol. The van der Waals surface area contributed by atoms with Gasteiger partial charge in [-0.05, 0) is 24.9 Å². The fourth-order valence-electron chi connectivity index (χ4n) is 2.60. The predicted octanol–water partition coefficient (Wildman–Crippen LogP) is 2.75. The van der Waals surface area contributed by atoms with E-state index >= 15 is 0 Å². The van der Waals surface area contributed by atoms with Crippen LogP contribution in [0.4, 0.5) is 5.13 Å². The van der Waals surface area contributed by atoms with Crippen molar-refractivity contribution in [3.63, 3.8) is 0 Å². The molecule has 1 N–H and O–H groups in total. The summed E-state index contributed by atoms with van der Waals surface area (Å²) >= 11 is 1.45. The number of nitrogens with zero attached hydrogens (tertiary/aromatic N) is 2. The lowest BCUT2D eigenvalue weighted by molar-refractivity contribution is -0.120. The molecule has 0 radical (unpaired) electrons. The van der Waals surface area contributed by atoms with Crippen LogP contribution < -0.4 is 5.32 Å². The Labute approximate surface area is 122 Å². The standard InChI is InChI=1S/C15H17N3OS/c19-14(17-15-16-8-10-20-15)13-7-4-9-18(13)11-12-5-2-1-3-6-12/h1-3,5-6,8,10,13H,4,7,9,11H2,(H,16,17,19). The summed E-state index contributed by atoms with van der Waals surface area (Å²) in [5.41, 5.74) is 1.25. The van der Waals surface area contributed by atoms with Crippen molar-refractivity contribution in [2.24, 2.45) is 0 Å². The Morgan fingerprint density at radius 2 is 2.25 bits per heavy atom. The van der Waals surface area contributed by atoms with E-state index in [4.69, 9.17) is 0 Å².